The highest BCUT2D eigenvalue weighted by molar-refractivity contribution is 5.88. The topological polar surface area (TPSA) is 78.1 Å². The van der Waals surface area contributed by atoms with E-state index in [-0.39, 0.29) is 0 Å². The zero-order valence-corrected chi connectivity index (χ0v) is 20.3. The smallest absolute Gasteiger partial charge is 0.179 e. The largest absolute Gasteiger partial charge is 0.355 e. The fourth-order valence-electron chi connectivity index (χ4n) is 3.19. The first kappa shape index (κ1) is 23.5. The Morgan fingerprint density at radius 2 is 1.88 bits per heavy atom. The summed E-state index contributed by atoms with van der Waals surface area (Å²) in [5.41, 5.74) is 8.59. The van der Waals surface area contributed by atoms with Gasteiger partial charge < -0.3 is 20.1 Å². The van der Waals surface area contributed by atoms with Gasteiger partial charge in [0.1, 0.15) is 5.82 Å². The summed E-state index contributed by atoms with van der Waals surface area (Å²) in [7, 11) is 1.93. The molecule has 32 heavy (non-hydrogen) atoms. The van der Waals surface area contributed by atoms with E-state index in [2.05, 4.69) is 64.6 Å². The maximum atomic E-state index is 5.67. The molecule has 1 aliphatic carbocycles. The number of allylic oxidation sites excluding steroid dienone is 2. The van der Waals surface area contributed by atoms with Gasteiger partial charge in [-0.25, -0.2) is 4.98 Å². The fourth-order valence-corrected chi connectivity index (χ4v) is 3.19. The van der Waals surface area contributed by atoms with Crippen LogP contribution >= 0.6 is 0 Å². The number of aromatic amines is 2. The predicted molar refractivity (Wildman–Crippen MR) is 136 cm³/mol. The lowest BCUT2D eigenvalue weighted by Gasteiger charge is -2.05. The molecular formula is C26H35N5O. The maximum absolute atomic E-state index is 5.67. The summed E-state index contributed by atoms with van der Waals surface area (Å²) in [5, 5.41) is 8.17. The Balaban J connectivity index is 0.000000668. The molecule has 0 bridgehead atoms. The van der Waals surface area contributed by atoms with Crippen LogP contribution in [0.3, 0.4) is 0 Å². The monoisotopic (exact) mass is 433 g/mol. The van der Waals surface area contributed by atoms with Crippen molar-refractivity contribution in [2.24, 2.45) is 5.16 Å². The summed E-state index contributed by atoms with van der Waals surface area (Å²) in [5.74, 6) is 1.70. The number of benzene rings is 1. The van der Waals surface area contributed by atoms with Crippen LogP contribution in [0, 0.1) is 6.92 Å². The van der Waals surface area contributed by atoms with Gasteiger partial charge in [0.15, 0.2) is 5.76 Å². The summed E-state index contributed by atoms with van der Waals surface area (Å²) < 4.78 is 0. The van der Waals surface area contributed by atoms with E-state index in [1.54, 1.807) is 0 Å². The van der Waals surface area contributed by atoms with Crippen LogP contribution in [-0.4, -0.2) is 34.3 Å². The number of hydrogen-bond acceptors (Lipinski definition) is 4. The van der Waals surface area contributed by atoms with Crippen molar-refractivity contribution < 1.29 is 4.84 Å². The first-order chi connectivity index (χ1) is 15.3. The molecule has 0 spiro atoms. The van der Waals surface area contributed by atoms with Gasteiger partial charge in [-0.1, -0.05) is 23.7 Å². The first-order valence-electron chi connectivity index (χ1n) is 11.2. The number of imidazole rings is 1. The average molecular weight is 434 g/mol. The highest BCUT2D eigenvalue weighted by atomic mass is 16.6. The molecular weight excluding hydrogens is 398 g/mol. The summed E-state index contributed by atoms with van der Waals surface area (Å²) >= 11 is 0. The standard InChI is InChI=1S/C23H26N4O.C3H9N/c1-13(2)23(28-27-14(3)4)20-12-18-11-17(8-9-19(18)25-20)22-15(5)24-21(26-22)10-16-6-7-16;1-3-4-2/h8-12,25H,6-7H2,1-5H3,(H,24,26);4H,3H2,1-2H3. The third-order valence-corrected chi connectivity index (χ3v) is 5.05. The van der Waals surface area contributed by atoms with Gasteiger partial charge in [-0.3, -0.25) is 0 Å². The van der Waals surface area contributed by atoms with E-state index in [1.165, 1.54) is 18.4 Å². The number of oxime groups is 1. The molecule has 2 heterocycles. The molecule has 1 aliphatic rings. The van der Waals surface area contributed by atoms with E-state index in [9.17, 15) is 0 Å². The SMILES string of the molecule is CC(C)=NOC(=C(C)C)c1cc2cc(-c3nc(C=C4CC4)[nH]c3C)ccc2[nH]1.CCNC. The van der Waals surface area contributed by atoms with E-state index in [0.717, 1.165) is 63.0 Å². The Morgan fingerprint density at radius 1 is 1.16 bits per heavy atom. The highest BCUT2D eigenvalue weighted by Crippen LogP contribution is 2.32. The third kappa shape index (κ3) is 5.98. The number of hydrogen-bond donors (Lipinski definition) is 3. The normalized spacial score (nSPS) is 12.2. The lowest BCUT2D eigenvalue weighted by molar-refractivity contribution is 0.293. The number of aryl methyl sites for hydroxylation is 1. The van der Waals surface area contributed by atoms with Crippen molar-refractivity contribution in [1.29, 1.82) is 0 Å². The molecule has 0 unspecified atom stereocenters. The van der Waals surface area contributed by atoms with Gasteiger partial charge in [0.05, 0.1) is 17.1 Å². The van der Waals surface area contributed by atoms with E-state index in [1.807, 2.05) is 34.7 Å². The van der Waals surface area contributed by atoms with Crippen LogP contribution < -0.4 is 5.32 Å². The number of nitrogens with zero attached hydrogens (tertiary/aromatic N) is 2. The van der Waals surface area contributed by atoms with Gasteiger partial charge in [-0.2, -0.15) is 0 Å². The van der Waals surface area contributed by atoms with Crippen molar-refractivity contribution in [3.63, 3.8) is 0 Å². The lowest BCUT2D eigenvalue weighted by atomic mass is 10.1. The fraction of sp³-hybridized carbons (Fsp3) is 0.385. The number of H-pyrrole nitrogens is 2. The van der Waals surface area contributed by atoms with E-state index in [0.29, 0.717) is 0 Å². The van der Waals surface area contributed by atoms with Gasteiger partial charge in [-0.05, 0) is 90.9 Å². The molecule has 3 aromatic rings. The Labute approximate surface area is 190 Å². The minimum absolute atomic E-state index is 0.758. The molecule has 1 fully saturated rings. The van der Waals surface area contributed by atoms with E-state index < -0.39 is 0 Å². The van der Waals surface area contributed by atoms with Crippen LogP contribution in [0.5, 0.6) is 0 Å². The highest BCUT2D eigenvalue weighted by Gasteiger charge is 2.15. The average Bonchev–Trinajstić information content (AvgIpc) is 3.34. The Morgan fingerprint density at radius 3 is 2.47 bits per heavy atom. The minimum atomic E-state index is 0.758. The third-order valence-electron chi connectivity index (χ3n) is 5.05. The second-order valence-electron chi connectivity index (χ2n) is 8.55. The second-order valence-corrected chi connectivity index (χ2v) is 8.55. The Hall–Kier alpha value is -3.12. The van der Waals surface area contributed by atoms with Crippen LogP contribution in [0.2, 0.25) is 0 Å². The molecule has 3 N–H and O–H groups in total. The minimum Gasteiger partial charge on any atom is -0.355 e. The van der Waals surface area contributed by atoms with Crippen LogP contribution in [0.4, 0.5) is 0 Å². The lowest BCUT2D eigenvalue weighted by Crippen LogP contribution is -2.01. The molecule has 1 saturated carbocycles. The van der Waals surface area contributed by atoms with Crippen molar-refractivity contribution in [2.75, 3.05) is 13.6 Å². The van der Waals surface area contributed by atoms with Crippen LogP contribution in [0.25, 0.3) is 34.0 Å². The summed E-state index contributed by atoms with van der Waals surface area (Å²) in [6.07, 6.45) is 4.56. The van der Waals surface area contributed by atoms with Crippen molar-refractivity contribution in [3.05, 3.63) is 52.6 Å². The molecule has 2 aromatic heterocycles. The molecule has 0 amide bonds. The molecule has 0 atom stereocenters. The van der Waals surface area contributed by atoms with Crippen LogP contribution in [-0.2, 0) is 4.84 Å². The molecule has 0 aliphatic heterocycles. The Bertz CT molecular complexity index is 1160. The summed E-state index contributed by atoms with van der Waals surface area (Å²) in [6.45, 7) is 13.1. The van der Waals surface area contributed by atoms with Crippen LogP contribution in [0.1, 0.15) is 64.7 Å². The zero-order valence-electron chi connectivity index (χ0n) is 20.3. The quantitative estimate of drug-likeness (QED) is 0.238. The van der Waals surface area contributed by atoms with Crippen molar-refractivity contribution in [1.82, 2.24) is 20.3 Å². The van der Waals surface area contributed by atoms with Gasteiger partial charge in [-0.15, -0.1) is 0 Å². The molecule has 170 valence electrons. The molecule has 6 heteroatoms. The molecule has 6 nitrogen and oxygen atoms in total. The van der Waals surface area contributed by atoms with Crippen molar-refractivity contribution in [2.45, 2.75) is 54.4 Å². The second kappa shape index (κ2) is 10.5. The van der Waals surface area contributed by atoms with E-state index >= 15 is 0 Å². The molecule has 1 aromatic carbocycles. The summed E-state index contributed by atoms with van der Waals surface area (Å²) in [6, 6.07) is 8.48. The van der Waals surface area contributed by atoms with Gasteiger partial charge in [0.2, 0.25) is 0 Å². The summed E-state index contributed by atoms with van der Waals surface area (Å²) in [4.78, 5) is 17.3. The zero-order chi connectivity index (χ0) is 23.3. The number of rotatable bonds is 6. The number of nitrogens with one attached hydrogen (secondary N) is 3. The van der Waals surface area contributed by atoms with Gasteiger partial charge >= 0.3 is 0 Å². The number of aromatic nitrogens is 3. The Kier molecular flexibility index (Phi) is 7.70. The number of fused-ring (bicyclic) bond motifs is 1. The molecule has 4 rings (SSSR count). The first-order valence-corrected chi connectivity index (χ1v) is 11.2. The van der Waals surface area contributed by atoms with Gasteiger partial charge in [0, 0.05) is 22.2 Å². The van der Waals surface area contributed by atoms with Crippen LogP contribution in [0.15, 0.2) is 40.6 Å². The van der Waals surface area contributed by atoms with Crippen molar-refractivity contribution in [3.8, 4) is 11.3 Å². The molecule has 0 radical (unpaired) electrons. The van der Waals surface area contributed by atoms with Crippen molar-refractivity contribution >= 4 is 28.4 Å². The van der Waals surface area contributed by atoms with Gasteiger partial charge in [0.25, 0.3) is 0 Å². The predicted octanol–water partition coefficient (Wildman–Crippen LogP) is 6.43. The molecule has 0 saturated heterocycles. The maximum Gasteiger partial charge on any atom is 0.179 e. The van der Waals surface area contributed by atoms with E-state index in [4.69, 9.17) is 9.82 Å².